The Morgan fingerprint density at radius 3 is 2.10 bits per heavy atom. The van der Waals surface area contributed by atoms with Crippen LogP contribution in [-0.4, -0.2) is 70.0 Å². The highest BCUT2D eigenvalue weighted by atomic mass is 19.4. The molecule has 3 aliphatic heterocycles. The van der Waals surface area contributed by atoms with E-state index in [1.165, 1.54) is 17.7 Å². The summed E-state index contributed by atoms with van der Waals surface area (Å²) in [5.74, 6) is -2.24. The van der Waals surface area contributed by atoms with E-state index >= 15 is 0 Å². The first-order valence-corrected chi connectivity index (χ1v) is 11.9. The molecule has 0 saturated carbocycles. The van der Waals surface area contributed by atoms with Crippen LogP contribution in [0.4, 0.5) is 26.3 Å². The van der Waals surface area contributed by atoms with Crippen molar-refractivity contribution in [2.24, 2.45) is 4.99 Å². The molecule has 0 radical (unpaired) electrons. The minimum Gasteiger partial charge on any atom is -0.475 e. The Morgan fingerprint density at radius 2 is 1.51 bits per heavy atom. The zero-order valence-electron chi connectivity index (χ0n) is 20.5. The largest absolute Gasteiger partial charge is 0.490 e. The van der Waals surface area contributed by atoms with Gasteiger partial charge in [-0.15, -0.1) is 0 Å². The summed E-state index contributed by atoms with van der Waals surface area (Å²) in [6.07, 6.45) is -8.68. The number of carbonyl (C=O) groups is 2. The highest BCUT2D eigenvalue weighted by Gasteiger charge is 2.41. The van der Waals surface area contributed by atoms with Gasteiger partial charge in [0, 0.05) is 38.3 Å². The number of nitrogens with zero attached hydrogens (tertiary/aromatic N) is 4. The Balaban J connectivity index is 0.000000448. The van der Waals surface area contributed by atoms with Gasteiger partial charge in [0.05, 0.1) is 24.2 Å². The molecule has 39 heavy (non-hydrogen) atoms. The van der Waals surface area contributed by atoms with Crippen LogP contribution in [0.5, 0.6) is 0 Å². The normalized spacial score (nSPS) is 17.8. The van der Waals surface area contributed by atoms with Gasteiger partial charge in [0.2, 0.25) is 5.96 Å². The van der Waals surface area contributed by atoms with E-state index in [1.54, 1.807) is 4.90 Å². The molecule has 0 unspecified atom stereocenters. The summed E-state index contributed by atoms with van der Waals surface area (Å²) in [7, 11) is 0. The standard InChI is InChI=1S/C24H23F3N4O.C2HF3O2/c25-24(26,27)19-8-6-18(7-9-19)15-31-22(32)20-16-29(14-17-4-2-1-3-5-17)12-10-21(20)30-13-11-28-23(30)31;3-2(4,5)1(6)7/h1-9H,10-16H2;(H,6,7). The predicted octanol–water partition coefficient (Wildman–Crippen LogP) is 4.51. The lowest BCUT2D eigenvalue weighted by molar-refractivity contribution is -0.192. The lowest BCUT2D eigenvalue weighted by Gasteiger charge is -2.42. The first-order chi connectivity index (χ1) is 18.3. The maximum Gasteiger partial charge on any atom is 0.490 e. The fourth-order valence-electron chi connectivity index (χ4n) is 4.57. The number of fused-ring (bicyclic) bond motifs is 2. The molecule has 0 aliphatic carbocycles. The summed E-state index contributed by atoms with van der Waals surface area (Å²) in [4.78, 5) is 32.9. The van der Waals surface area contributed by atoms with Gasteiger partial charge in [0.15, 0.2) is 0 Å². The van der Waals surface area contributed by atoms with Crippen molar-refractivity contribution in [1.29, 1.82) is 0 Å². The van der Waals surface area contributed by atoms with Crippen molar-refractivity contribution in [3.8, 4) is 0 Å². The second kappa shape index (κ2) is 11.1. The van der Waals surface area contributed by atoms with Gasteiger partial charge in [-0.3, -0.25) is 19.6 Å². The van der Waals surface area contributed by atoms with Crippen molar-refractivity contribution in [1.82, 2.24) is 14.7 Å². The molecule has 2 aromatic rings. The molecule has 1 amide bonds. The molecule has 7 nitrogen and oxygen atoms in total. The van der Waals surface area contributed by atoms with Gasteiger partial charge in [0.25, 0.3) is 5.91 Å². The van der Waals surface area contributed by atoms with Gasteiger partial charge in [-0.25, -0.2) is 4.79 Å². The molecule has 13 heteroatoms. The third-order valence-electron chi connectivity index (χ3n) is 6.40. The van der Waals surface area contributed by atoms with Crippen LogP contribution in [0.1, 0.15) is 23.1 Å². The van der Waals surface area contributed by atoms with Crippen molar-refractivity contribution in [3.05, 3.63) is 82.6 Å². The van der Waals surface area contributed by atoms with Gasteiger partial charge in [-0.2, -0.15) is 26.3 Å². The van der Waals surface area contributed by atoms with Crippen LogP contribution < -0.4 is 0 Å². The van der Waals surface area contributed by atoms with Gasteiger partial charge < -0.3 is 10.0 Å². The Bertz CT molecular complexity index is 1270. The van der Waals surface area contributed by atoms with Gasteiger partial charge >= 0.3 is 18.3 Å². The first kappa shape index (κ1) is 28.1. The predicted molar refractivity (Wildman–Crippen MR) is 128 cm³/mol. The Labute approximate surface area is 219 Å². The smallest absolute Gasteiger partial charge is 0.475 e. The van der Waals surface area contributed by atoms with E-state index in [-0.39, 0.29) is 12.5 Å². The fourth-order valence-corrected chi connectivity index (χ4v) is 4.57. The SMILES string of the molecule is O=C(O)C(F)(F)F.O=C1C2=C(CCN(Cc3ccccc3)C2)N2CCN=C2N1Cc1ccc(C(F)(F)F)cc1. The Hall–Kier alpha value is -3.87. The number of carboxylic acid groups (broad SMARTS) is 1. The monoisotopic (exact) mass is 554 g/mol. The number of carbonyl (C=O) groups excluding carboxylic acids is 1. The lowest BCUT2D eigenvalue weighted by atomic mass is 10.00. The van der Waals surface area contributed by atoms with Crippen LogP contribution in [0.2, 0.25) is 0 Å². The molecule has 0 atom stereocenters. The average molecular weight is 554 g/mol. The van der Waals surface area contributed by atoms with Crippen LogP contribution in [0.3, 0.4) is 0 Å². The summed E-state index contributed by atoms with van der Waals surface area (Å²) in [6, 6.07) is 15.1. The number of benzene rings is 2. The molecular weight excluding hydrogens is 530 g/mol. The highest BCUT2D eigenvalue weighted by molar-refractivity contribution is 6.09. The zero-order chi connectivity index (χ0) is 28.4. The second-order valence-electron chi connectivity index (χ2n) is 9.09. The average Bonchev–Trinajstić information content (AvgIpc) is 3.37. The van der Waals surface area contributed by atoms with Crippen LogP contribution in [0.15, 0.2) is 70.9 Å². The maximum atomic E-state index is 13.5. The van der Waals surface area contributed by atoms with Gasteiger partial charge in [-0.1, -0.05) is 42.5 Å². The van der Waals surface area contributed by atoms with Crippen molar-refractivity contribution in [2.45, 2.75) is 31.9 Å². The van der Waals surface area contributed by atoms with Crippen LogP contribution >= 0.6 is 0 Å². The number of carboxylic acids is 1. The Morgan fingerprint density at radius 1 is 0.897 bits per heavy atom. The molecule has 208 valence electrons. The van der Waals surface area contributed by atoms with Crippen LogP contribution in [-0.2, 0) is 28.9 Å². The van der Waals surface area contributed by atoms with Crippen LogP contribution in [0, 0.1) is 0 Å². The second-order valence-corrected chi connectivity index (χ2v) is 9.09. The number of aliphatic imine (C=N–C) groups is 1. The lowest BCUT2D eigenvalue weighted by Crippen LogP contribution is -2.53. The number of halogens is 6. The van der Waals surface area contributed by atoms with E-state index in [0.29, 0.717) is 24.6 Å². The summed E-state index contributed by atoms with van der Waals surface area (Å²) < 4.78 is 70.4. The minimum absolute atomic E-state index is 0.102. The van der Waals surface area contributed by atoms with E-state index in [9.17, 15) is 31.1 Å². The van der Waals surface area contributed by atoms with Crippen molar-refractivity contribution in [3.63, 3.8) is 0 Å². The summed E-state index contributed by atoms with van der Waals surface area (Å²) in [6.45, 7) is 3.72. The molecule has 5 rings (SSSR count). The molecular formula is C26H24F6N4O3. The van der Waals surface area contributed by atoms with E-state index < -0.39 is 23.9 Å². The maximum absolute atomic E-state index is 13.5. The van der Waals surface area contributed by atoms with Crippen molar-refractivity contribution in [2.75, 3.05) is 26.2 Å². The highest BCUT2D eigenvalue weighted by Crippen LogP contribution is 2.33. The molecule has 1 N–H and O–H groups in total. The van der Waals surface area contributed by atoms with E-state index in [0.717, 1.165) is 49.5 Å². The molecule has 0 aromatic heterocycles. The molecule has 3 heterocycles. The fraction of sp³-hybridized carbons (Fsp3) is 0.346. The Kier molecular flexibility index (Phi) is 8.00. The minimum atomic E-state index is -5.08. The molecule has 0 bridgehead atoms. The summed E-state index contributed by atoms with van der Waals surface area (Å²) in [5.41, 5.74) is 2.95. The van der Waals surface area contributed by atoms with Crippen molar-refractivity contribution < 1.29 is 41.0 Å². The number of aliphatic carboxylic acids is 1. The molecule has 0 fully saturated rings. The van der Waals surface area contributed by atoms with E-state index in [2.05, 4.69) is 26.9 Å². The number of hydrogen-bond acceptors (Lipinski definition) is 5. The van der Waals surface area contributed by atoms with Gasteiger partial charge in [-0.05, 0) is 23.3 Å². The summed E-state index contributed by atoms with van der Waals surface area (Å²) >= 11 is 0. The van der Waals surface area contributed by atoms with Gasteiger partial charge in [0.1, 0.15) is 0 Å². The third-order valence-corrected chi connectivity index (χ3v) is 6.40. The number of amides is 1. The van der Waals surface area contributed by atoms with Crippen molar-refractivity contribution >= 4 is 17.8 Å². The molecule has 0 spiro atoms. The molecule has 2 aromatic carbocycles. The number of guanidine groups is 1. The van der Waals surface area contributed by atoms with E-state index in [1.807, 2.05) is 18.2 Å². The van der Waals surface area contributed by atoms with Crippen LogP contribution in [0.25, 0.3) is 0 Å². The summed E-state index contributed by atoms with van der Waals surface area (Å²) in [5, 5.41) is 7.12. The first-order valence-electron chi connectivity index (χ1n) is 11.9. The number of hydrogen-bond donors (Lipinski definition) is 1. The molecule has 3 aliphatic rings. The zero-order valence-corrected chi connectivity index (χ0v) is 20.5. The quantitative estimate of drug-likeness (QED) is 0.563. The number of alkyl halides is 6. The number of rotatable bonds is 4. The van der Waals surface area contributed by atoms with E-state index in [4.69, 9.17) is 9.90 Å². The third kappa shape index (κ3) is 6.59. The topological polar surface area (TPSA) is 76.5 Å². The molecule has 0 saturated heterocycles.